The van der Waals surface area contributed by atoms with Crippen LogP contribution in [-0.4, -0.2) is 44.8 Å². The van der Waals surface area contributed by atoms with Gasteiger partial charge in [-0.25, -0.2) is 4.68 Å². The maximum absolute atomic E-state index is 12.3. The van der Waals surface area contributed by atoms with Crippen LogP contribution in [0.5, 0.6) is 0 Å². The third-order valence-corrected chi connectivity index (χ3v) is 3.19. The molecule has 0 saturated carbocycles. The van der Waals surface area contributed by atoms with Gasteiger partial charge in [0.25, 0.3) is 5.91 Å². The molecule has 21 heavy (non-hydrogen) atoms. The van der Waals surface area contributed by atoms with Crippen LogP contribution in [0, 0.1) is 6.92 Å². The second-order valence-corrected chi connectivity index (χ2v) is 4.67. The molecular formula is C15H17N3O3. The smallest absolute Gasteiger partial charge is 0.323 e. The van der Waals surface area contributed by atoms with Gasteiger partial charge in [-0.3, -0.25) is 9.59 Å². The second kappa shape index (κ2) is 6.21. The van der Waals surface area contributed by atoms with Gasteiger partial charge < -0.3 is 10.0 Å². The first-order valence-electron chi connectivity index (χ1n) is 6.64. The molecule has 0 fully saturated rings. The molecule has 0 atom stereocenters. The number of carbonyl (C=O) groups excluding carboxylic acids is 1. The number of aromatic nitrogens is 2. The number of nitrogens with zero attached hydrogens (tertiary/aromatic N) is 3. The lowest BCUT2D eigenvalue weighted by Gasteiger charge is -2.17. The van der Waals surface area contributed by atoms with Crippen molar-refractivity contribution in [2.24, 2.45) is 0 Å². The number of benzene rings is 1. The topological polar surface area (TPSA) is 75.4 Å². The molecule has 2 aromatic rings. The molecule has 0 unspecified atom stereocenters. The molecule has 1 amide bonds. The van der Waals surface area contributed by atoms with E-state index in [1.54, 1.807) is 17.8 Å². The van der Waals surface area contributed by atoms with Crippen LogP contribution >= 0.6 is 0 Å². The highest BCUT2D eigenvalue weighted by atomic mass is 16.4. The summed E-state index contributed by atoms with van der Waals surface area (Å²) in [5.74, 6) is -1.36. The Morgan fingerprint density at radius 3 is 2.67 bits per heavy atom. The number of carboxylic acids is 1. The third kappa shape index (κ3) is 3.28. The first kappa shape index (κ1) is 14.8. The van der Waals surface area contributed by atoms with E-state index in [9.17, 15) is 9.59 Å². The van der Waals surface area contributed by atoms with Crippen LogP contribution in [0.3, 0.4) is 0 Å². The molecule has 1 aromatic heterocycles. The second-order valence-electron chi connectivity index (χ2n) is 4.67. The molecule has 0 radical (unpaired) electrons. The Morgan fingerprint density at radius 1 is 1.33 bits per heavy atom. The van der Waals surface area contributed by atoms with Gasteiger partial charge in [0.15, 0.2) is 0 Å². The van der Waals surface area contributed by atoms with Gasteiger partial charge in [0.05, 0.1) is 17.4 Å². The minimum absolute atomic E-state index is 0.315. The van der Waals surface area contributed by atoms with Crippen molar-refractivity contribution in [1.82, 2.24) is 14.7 Å². The fourth-order valence-corrected chi connectivity index (χ4v) is 2.06. The summed E-state index contributed by atoms with van der Waals surface area (Å²) in [6, 6.07) is 7.70. The van der Waals surface area contributed by atoms with Gasteiger partial charge in [-0.15, -0.1) is 0 Å². The van der Waals surface area contributed by atoms with Crippen LogP contribution in [-0.2, 0) is 4.79 Å². The zero-order valence-corrected chi connectivity index (χ0v) is 12.0. The van der Waals surface area contributed by atoms with Crippen LogP contribution in [0.1, 0.15) is 22.8 Å². The van der Waals surface area contributed by atoms with Crippen molar-refractivity contribution in [1.29, 1.82) is 0 Å². The van der Waals surface area contributed by atoms with Crippen LogP contribution in [0.4, 0.5) is 0 Å². The van der Waals surface area contributed by atoms with E-state index < -0.39 is 5.97 Å². The number of amides is 1. The van der Waals surface area contributed by atoms with Crippen molar-refractivity contribution in [3.63, 3.8) is 0 Å². The number of likely N-dealkylation sites (N-methyl/N-ethyl adjacent to an activating group) is 1. The Hall–Kier alpha value is -2.63. The van der Waals surface area contributed by atoms with E-state index in [0.717, 1.165) is 11.3 Å². The van der Waals surface area contributed by atoms with Gasteiger partial charge in [-0.05, 0) is 25.5 Å². The predicted molar refractivity (Wildman–Crippen MR) is 77.5 cm³/mol. The van der Waals surface area contributed by atoms with Gasteiger partial charge in [-0.1, -0.05) is 18.2 Å². The van der Waals surface area contributed by atoms with Crippen molar-refractivity contribution < 1.29 is 14.7 Å². The average molecular weight is 287 g/mol. The molecule has 1 aromatic carbocycles. The molecule has 0 aliphatic heterocycles. The van der Waals surface area contributed by atoms with E-state index in [-0.39, 0.29) is 12.5 Å². The molecule has 0 spiro atoms. The SMILES string of the molecule is CCN(CC(=O)O)C(=O)c1cnn(-c2ccccc2C)c1. The highest BCUT2D eigenvalue weighted by molar-refractivity contribution is 5.95. The highest BCUT2D eigenvalue weighted by Crippen LogP contribution is 2.14. The Labute approximate surface area is 122 Å². The average Bonchev–Trinajstić information content (AvgIpc) is 2.94. The fourth-order valence-electron chi connectivity index (χ4n) is 2.06. The number of aryl methyl sites for hydroxylation is 1. The standard InChI is InChI=1S/C15H17N3O3/c1-3-17(10-14(19)20)15(21)12-8-16-18(9-12)13-7-5-4-6-11(13)2/h4-9H,3,10H2,1-2H3,(H,19,20). The van der Waals surface area contributed by atoms with Crippen molar-refractivity contribution in [2.45, 2.75) is 13.8 Å². The summed E-state index contributed by atoms with van der Waals surface area (Å²) in [7, 11) is 0. The Balaban J connectivity index is 2.25. The monoisotopic (exact) mass is 287 g/mol. The number of aliphatic carboxylic acids is 1. The number of rotatable bonds is 5. The summed E-state index contributed by atoms with van der Waals surface area (Å²) >= 11 is 0. The minimum Gasteiger partial charge on any atom is -0.480 e. The first-order chi connectivity index (χ1) is 10.0. The van der Waals surface area contributed by atoms with Gasteiger partial charge in [-0.2, -0.15) is 5.10 Å². The molecule has 0 aliphatic rings. The van der Waals surface area contributed by atoms with Gasteiger partial charge in [0.1, 0.15) is 6.54 Å². The lowest BCUT2D eigenvalue weighted by Crippen LogP contribution is -2.35. The molecule has 0 aliphatic carbocycles. The normalized spacial score (nSPS) is 10.4. The number of hydrogen-bond donors (Lipinski definition) is 1. The van der Waals surface area contributed by atoms with Crippen molar-refractivity contribution in [3.8, 4) is 5.69 Å². The number of carbonyl (C=O) groups is 2. The zero-order valence-electron chi connectivity index (χ0n) is 12.0. The summed E-state index contributed by atoms with van der Waals surface area (Å²) in [4.78, 5) is 24.3. The van der Waals surface area contributed by atoms with Crippen LogP contribution in [0.25, 0.3) is 5.69 Å². The molecule has 2 rings (SSSR count). The molecule has 1 N–H and O–H groups in total. The first-order valence-corrected chi connectivity index (χ1v) is 6.64. The Morgan fingerprint density at radius 2 is 2.05 bits per heavy atom. The molecule has 6 nitrogen and oxygen atoms in total. The van der Waals surface area contributed by atoms with Gasteiger partial charge in [0.2, 0.25) is 0 Å². The van der Waals surface area contributed by atoms with Crippen LogP contribution in [0.15, 0.2) is 36.7 Å². The molecule has 0 saturated heterocycles. The molecule has 0 bridgehead atoms. The van der Waals surface area contributed by atoms with E-state index in [2.05, 4.69) is 5.10 Å². The number of hydrogen-bond acceptors (Lipinski definition) is 3. The van der Waals surface area contributed by atoms with E-state index >= 15 is 0 Å². The molecular weight excluding hydrogens is 270 g/mol. The summed E-state index contributed by atoms with van der Waals surface area (Å²) in [6.07, 6.45) is 3.08. The van der Waals surface area contributed by atoms with Crippen molar-refractivity contribution in [3.05, 3.63) is 47.8 Å². The lowest BCUT2D eigenvalue weighted by molar-refractivity contribution is -0.137. The molecule has 6 heteroatoms. The molecule has 1 heterocycles. The van der Waals surface area contributed by atoms with Crippen molar-refractivity contribution >= 4 is 11.9 Å². The van der Waals surface area contributed by atoms with Crippen LogP contribution in [0.2, 0.25) is 0 Å². The largest absolute Gasteiger partial charge is 0.480 e. The molecule has 110 valence electrons. The highest BCUT2D eigenvalue weighted by Gasteiger charge is 2.18. The Kier molecular flexibility index (Phi) is 4.37. The number of para-hydroxylation sites is 1. The summed E-state index contributed by atoms with van der Waals surface area (Å²) < 4.78 is 1.62. The van der Waals surface area contributed by atoms with E-state index in [0.29, 0.717) is 12.1 Å². The van der Waals surface area contributed by atoms with Crippen LogP contribution < -0.4 is 0 Å². The minimum atomic E-state index is -1.03. The maximum atomic E-state index is 12.3. The van der Waals surface area contributed by atoms with E-state index in [1.807, 2.05) is 31.2 Å². The summed E-state index contributed by atoms with van der Waals surface area (Å²) in [5, 5.41) is 13.0. The lowest BCUT2D eigenvalue weighted by atomic mass is 10.2. The number of carboxylic acid groups (broad SMARTS) is 1. The third-order valence-electron chi connectivity index (χ3n) is 3.19. The predicted octanol–water partition coefficient (Wildman–Crippen LogP) is 1.73. The summed E-state index contributed by atoms with van der Waals surface area (Å²) in [5.41, 5.74) is 2.30. The van der Waals surface area contributed by atoms with Gasteiger partial charge in [0, 0.05) is 12.7 Å². The zero-order chi connectivity index (χ0) is 15.4. The van der Waals surface area contributed by atoms with Gasteiger partial charge >= 0.3 is 5.97 Å². The van der Waals surface area contributed by atoms with E-state index in [1.165, 1.54) is 11.1 Å². The maximum Gasteiger partial charge on any atom is 0.323 e. The fraction of sp³-hybridized carbons (Fsp3) is 0.267. The Bertz CT molecular complexity index is 664. The summed E-state index contributed by atoms with van der Waals surface area (Å²) in [6.45, 7) is 3.72. The quantitative estimate of drug-likeness (QED) is 0.908. The van der Waals surface area contributed by atoms with E-state index in [4.69, 9.17) is 5.11 Å². The van der Waals surface area contributed by atoms with Crippen molar-refractivity contribution in [2.75, 3.05) is 13.1 Å².